The zero-order valence-electron chi connectivity index (χ0n) is 11.2. The topological polar surface area (TPSA) is 23.8 Å². The first-order chi connectivity index (χ1) is 9.35. The van der Waals surface area contributed by atoms with Gasteiger partial charge in [-0.1, -0.05) is 55.8 Å². The van der Waals surface area contributed by atoms with Gasteiger partial charge in [0.1, 0.15) is 0 Å². The third kappa shape index (κ3) is 1.94. The summed E-state index contributed by atoms with van der Waals surface area (Å²) in [6, 6.07) is 17.5. The van der Waals surface area contributed by atoms with Crippen LogP contribution in [0.15, 0.2) is 42.5 Å². The van der Waals surface area contributed by atoms with E-state index in [-0.39, 0.29) is 5.92 Å². The van der Waals surface area contributed by atoms with Crippen LogP contribution in [0.4, 0.5) is 0 Å². The lowest BCUT2D eigenvalue weighted by atomic mass is 9.89. The number of nitriles is 1. The first-order valence-electron chi connectivity index (χ1n) is 6.94. The highest BCUT2D eigenvalue weighted by Gasteiger charge is 2.23. The van der Waals surface area contributed by atoms with Crippen molar-refractivity contribution in [3.8, 4) is 17.2 Å². The second-order valence-electron chi connectivity index (χ2n) is 5.18. The van der Waals surface area contributed by atoms with Crippen molar-refractivity contribution in [2.75, 3.05) is 0 Å². The Morgan fingerprint density at radius 3 is 2.68 bits per heavy atom. The molecule has 0 N–H and O–H groups in total. The molecule has 1 atom stereocenters. The number of nitrogens with zero attached hydrogens (tertiary/aromatic N) is 1. The van der Waals surface area contributed by atoms with Gasteiger partial charge in [-0.15, -0.1) is 0 Å². The van der Waals surface area contributed by atoms with E-state index in [1.807, 2.05) is 0 Å². The molecule has 0 fully saturated rings. The molecule has 1 heteroatoms. The van der Waals surface area contributed by atoms with E-state index in [1.54, 1.807) is 0 Å². The van der Waals surface area contributed by atoms with Crippen molar-refractivity contribution in [3.05, 3.63) is 59.2 Å². The van der Waals surface area contributed by atoms with Crippen LogP contribution in [-0.4, -0.2) is 0 Å². The maximum atomic E-state index is 9.41. The van der Waals surface area contributed by atoms with Gasteiger partial charge in [0, 0.05) is 0 Å². The van der Waals surface area contributed by atoms with Gasteiger partial charge in [0.2, 0.25) is 0 Å². The summed E-state index contributed by atoms with van der Waals surface area (Å²) in [4.78, 5) is 0. The Balaban J connectivity index is 2.11. The standard InChI is InChI=1S/C18H17N/c1-2-6-14(12-19)16-9-5-10-17-15-8-4-3-7-13(15)11-18(16)17/h3-5,7-10,14H,2,6,11H2,1H3. The van der Waals surface area contributed by atoms with Crippen molar-refractivity contribution in [3.63, 3.8) is 0 Å². The van der Waals surface area contributed by atoms with Crippen molar-refractivity contribution in [1.29, 1.82) is 5.26 Å². The van der Waals surface area contributed by atoms with E-state index in [0.717, 1.165) is 19.3 Å². The SMILES string of the molecule is CCCC(C#N)c1cccc2c1Cc1ccccc1-2. The van der Waals surface area contributed by atoms with Crippen LogP contribution >= 0.6 is 0 Å². The van der Waals surface area contributed by atoms with Crippen LogP contribution in [0.3, 0.4) is 0 Å². The second-order valence-corrected chi connectivity index (χ2v) is 5.18. The van der Waals surface area contributed by atoms with Crippen molar-refractivity contribution in [1.82, 2.24) is 0 Å². The molecule has 1 aliphatic carbocycles. The largest absolute Gasteiger partial charge is 0.198 e. The fourth-order valence-corrected chi connectivity index (χ4v) is 3.09. The fraction of sp³-hybridized carbons (Fsp3) is 0.278. The molecule has 2 aromatic rings. The van der Waals surface area contributed by atoms with Gasteiger partial charge in [0.15, 0.2) is 0 Å². The molecule has 0 bridgehead atoms. The number of fused-ring (bicyclic) bond motifs is 3. The number of hydrogen-bond acceptors (Lipinski definition) is 1. The van der Waals surface area contributed by atoms with Gasteiger partial charge in [-0.05, 0) is 40.7 Å². The van der Waals surface area contributed by atoms with Crippen LogP contribution in [0.1, 0.15) is 42.4 Å². The molecule has 0 radical (unpaired) electrons. The van der Waals surface area contributed by atoms with E-state index in [4.69, 9.17) is 0 Å². The van der Waals surface area contributed by atoms with Gasteiger partial charge in [-0.3, -0.25) is 0 Å². The molecular formula is C18H17N. The Kier molecular flexibility index (Phi) is 3.09. The van der Waals surface area contributed by atoms with Gasteiger partial charge in [0.05, 0.1) is 12.0 Å². The predicted octanol–water partition coefficient (Wildman–Crippen LogP) is 4.67. The molecule has 1 nitrogen and oxygen atoms in total. The Hall–Kier alpha value is -2.07. The summed E-state index contributed by atoms with van der Waals surface area (Å²) < 4.78 is 0. The van der Waals surface area contributed by atoms with Gasteiger partial charge >= 0.3 is 0 Å². The van der Waals surface area contributed by atoms with Crippen LogP contribution in [0, 0.1) is 11.3 Å². The summed E-state index contributed by atoms with van der Waals surface area (Å²) in [6.45, 7) is 2.14. The lowest BCUT2D eigenvalue weighted by Gasteiger charge is -2.13. The van der Waals surface area contributed by atoms with E-state index < -0.39 is 0 Å². The summed E-state index contributed by atoms with van der Waals surface area (Å²) in [5.74, 6) is 0.0364. The molecule has 0 saturated carbocycles. The van der Waals surface area contributed by atoms with Crippen molar-refractivity contribution in [2.24, 2.45) is 0 Å². The van der Waals surface area contributed by atoms with Crippen molar-refractivity contribution >= 4 is 0 Å². The molecule has 0 heterocycles. The summed E-state index contributed by atoms with van der Waals surface area (Å²) in [5, 5.41) is 9.41. The molecule has 19 heavy (non-hydrogen) atoms. The maximum absolute atomic E-state index is 9.41. The zero-order chi connectivity index (χ0) is 13.2. The third-order valence-corrected chi connectivity index (χ3v) is 4.00. The van der Waals surface area contributed by atoms with Crippen LogP contribution in [-0.2, 0) is 6.42 Å². The Labute approximate surface area is 114 Å². The van der Waals surface area contributed by atoms with Crippen molar-refractivity contribution < 1.29 is 0 Å². The first kappa shape index (κ1) is 12.0. The molecule has 0 saturated heterocycles. The highest BCUT2D eigenvalue weighted by atomic mass is 14.3. The average molecular weight is 247 g/mol. The molecule has 1 unspecified atom stereocenters. The van der Waals surface area contributed by atoms with Crippen LogP contribution in [0.5, 0.6) is 0 Å². The molecule has 94 valence electrons. The minimum atomic E-state index is 0.0364. The van der Waals surface area contributed by atoms with E-state index in [2.05, 4.69) is 55.5 Å². The quantitative estimate of drug-likeness (QED) is 0.660. The van der Waals surface area contributed by atoms with Gasteiger partial charge < -0.3 is 0 Å². The molecule has 0 aliphatic heterocycles. The molecule has 1 aliphatic rings. The van der Waals surface area contributed by atoms with Crippen LogP contribution in [0.2, 0.25) is 0 Å². The highest BCUT2D eigenvalue weighted by Crippen LogP contribution is 2.40. The average Bonchev–Trinajstić information content (AvgIpc) is 2.83. The van der Waals surface area contributed by atoms with Gasteiger partial charge in [-0.2, -0.15) is 5.26 Å². The summed E-state index contributed by atoms with van der Waals surface area (Å²) in [5.41, 5.74) is 6.65. The molecular weight excluding hydrogens is 230 g/mol. The monoisotopic (exact) mass is 247 g/mol. The molecule has 0 amide bonds. The number of rotatable bonds is 3. The highest BCUT2D eigenvalue weighted by molar-refractivity contribution is 5.78. The Morgan fingerprint density at radius 1 is 1.11 bits per heavy atom. The van der Waals surface area contributed by atoms with Crippen LogP contribution < -0.4 is 0 Å². The third-order valence-electron chi connectivity index (χ3n) is 4.00. The van der Waals surface area contributed by atoms with Crippen molar-refractivity contribution in [2.45, 2.75) is 32.1 Å². The lowest BCUT2D eigenvalue weighted by Crippen LogP contribution is -2.00. The number of benzene rings is 2. The zero-order valence-corrected chi connectivity index (χ0v) is 11.2. The summed E-state index contributed by atoms with van der Waals surface area (Å²) in [7, 11) is 0. The van der Waals surface area contributed by atoms with Gasteiger partial charge in [0.25, 0.3) is 0 Å². The smallest absolute Gasteiger partial charge is 0.0715 e. The van der Waals surface area contributed by atoms with E-state index in [0.29, 0.717) is 0 Å². The maximum Gasteiger partial charge on any atom is 0.0715 e. The summed E-state index contributed by atoms with van der Waals surface area (Å²) >= 11 is 0. The Morgan fingerprint density at radius 2 is 1.89 bits per heavy atom. The van der Waals surface area contributed by atoms with Crippen LogP contribution in [0.25, 0.3) is 11.1 Å². The molecule has 3 rings (SSSR count). The normalized spacial score (nSPS) is 13.5. The van der Waals surface area contributed by atoms with E-state index in [9.17, 15) is 5.26 Å². The summed E-state index contributed by atoms with van der Waals surface area (Å²) in [6.07, 6.45) is 2.97. The predicted molar refractivity (Wildman–Crippen MR) is 77.9 cm³/mol. The number of hydrogen-bond donors (Lipinski definition) is 0. The van der Waals surface area contributed by atoms with E-state index >= 15 is 0 Å². The molecule has 0 spiro atoms. The Bertz CT molecular complexity index is 649. The minimum absolute atomic E-state index is 0.0364. The van der Waals surface area contributed by atoms with Gasteiger partial charge in [-0.25, -0.2) is 0 Å². The molecule has 2 aromatic carbocycles. The first-order valence-corrected chi connectivity index (χ1v) is 6.94. The fourth-order valence-electron chi connectivity index (χ4n) is 3.09. The minimum Gasteiger partial charge on any atom is -0.198 e. The van der Waals surface area contributed by atoms with E-state index in [1.165, 1.54) is 27.8 Å². The molecule has 0 aromatic heterocycles. The lowest BCUT2D eigenvalue weighted by molar-refractivity contribution is 0.722. The second kappa shape index (κ2) is 4.90.